The highest BCUT2D eigenvalue weighted by Gasteiger charge is 2.21. The highest BCUT2D eigenvalue weighted by Crippen LogP contribution is 2.29. The molecule has 2 amide bonds. The Bertz CT molecular complexity index is 678. The lowest BCUT2D eigenvalue weighted by atomic mass is 10.1. The number of benzene rings is 1. The molecule has 2 N–H and O–H groups in total. The number of nitrogens with zero attached hydrogens (tertiary/aromatic N) is 1. The fraction of sp³-hybridized carbons (Fsp3) is 0.579. The predicted octanol–water partition coefficient (Wildman–Crippen LogP) is 0.684. The summed E-state index contributed by atoms with van der Waals surface area (Å²) in [6, 6.07) is 4.53. The summed E-state index contributed by atoms with van der Waals surface area (Å²) < 4.78 is 34.2. The van der Waals surface area contributed by atoms with Crippen molar-refractivity contribution in [1.82, 2.24) is 10.2 Å². The number of hydrogen-bond acceptors (Lipinski definition) is 4. The van der Waals surface area contributed by atoms with Gasteiger partial charge >= 0.3 is 6.61 Å². The first-order chi connectivity index (χ1) is 12.9. The number of methoxy groups -OCH3 is 1. The molecule has 1 aromatic rings. The SMILES string of the molecule is COc1cc(CN(C)C(=O)C[NH+](C)CC(=O)NC(C)(C)C)ccc1OC(F)F. The summed E-state index contributed by atoms with van der Waals surface area (Å²) in [5, 5.41) is 2.86. The van der Waals surface area contributed by atoms with Gasteiger partial charge in [-0.05, 0) is 38.5 Å². The molecule has 0 bridgehead atoms. The van der Waals surface area contributed by atoms with Crippen LogP contribution in [0.4, 0.5) is 8.78 Å². The Kier molecular flexibility index (Phi) is 8.62. The number of ether oxygens (including phenoxy) is 2. The van der Waals surface area contributed by atoms with Gasteiger partial charge in [0.25, 0.3) is 11.8 Å². The molecule has 0 aliphatic carbocycles. The van der Waals surface area contributed by atoms with Crippen LogP contribution in [0.2, 0.25) is 0 Å². The molecule has 0 heterocycles. The van der Waals surface area contributed by atoms with E-state index >= 15 is 0 Å². The predicted molar refractivity (Wildman–Crippen MR) is 101 cm³/mol. The molecule has 9 heteroatoms. The van der Waals surface area contributed by atoms with Crippen LogP contribution >= 0.6 is 0 Å². The van der Waals surface area contributed by atoms with Gasteiger partial charge in [-0.1, -0.05) is 6.07 Å². The van der Waals surface area contributed by atoms with E-state index in [9.17, 15) is 18.4 Å². The van der Waals surface area contributed by atoms with Crippen molar-refractivity contribution in [3.63, 3.8) is 0 Å². The summed E-state index contributed by atoms with van der Waals surface area (Å²) in [4.78, 5) is 26.6. The Morgan fingerprint density at radius 3 is 2.39 bits per heavy atom. The molecule has 1 atom stereocenters. The Morgan fingerprint density at radius 1 is 1.21 bits per heavy atom. The van der Waals surface area contributed by atoms with Crippen molar-refractivity contribution in [2.75, 3.05) is 34.3 Å². The van der Waals surface area contributed by atoms with Gasteiger partial charge in [0, 0.05) is 19.1 Å². The first-order valence-electron chi connectivity index (χ1n) is 8.89. The van der Waals surface area contributed by atoms with Gasteiger partial charge in [-0.3, -0.25) is 9.59 Å². The molecule has 1 aromatic carbocycles. The maximum Gasteiger partial charge on any atom is 0.387 e. The molecule has 1 unspecified atom stereocenters. The van der Waals surface area contributed by atoms with Crippen molar-refractivity contribution in [3.8, 4) is 11.5 Å². The molecular weight excluding hydrogens is 372 g/mol. The lowest BCUT2D eigenvalue weighted by Crippen LogP contribution is -3.11. The monoisotopic (exact) mass is 402 g/mol. The van der Waals surface area contributed by atoms with Crippen LogP contribution in [0.25, 0.3) is 0 Å². The summed E-state index contributed by atoms with van der Waals surface area (Å²) in [6.45, 7) is 3.34. The van der Waals surface area contributed by atoms with Crippen molar-refractivity contribution >= 4 is 11.8 Å². The number of rotatable bonds is 9. The molecule has 0 saturated carbocycles. The maximum atomic E-state index is 12.4. The fourth-order valence-corrected chi connectivity index (χ4v) is 2.56. The minimum atomic E-state index is -2.95. The van der Waals surface area contributed by atoms with Crippen LogP contribution in [0.3, 0.4) is 0 Å². The lowest BCUT2D eigenvalue weighted by Gasteiger charge is -2.23. The average molecular weight is 402 g/mol. The molecule has 158 valence electrons. The number of alkyl halides is 2. The summed E-state index contributed by atoms with van der Waals surface area (Å²) in [6.07, 6.45) is 0. The summed E-state index contributed by atoms with van der Waals surface area (Å²) >= 11 is 0. The number of quaternary nitrogens is 1. The summed E-state index contributed by atoms with van der Waals surface area (Å²) in [5.74, 6) is -0.169. The van der Waals surface area contributed by atoms with Gasteiger partial charge in [-0.2, -0.15) is 8.78 Å². The Hall–Kier alpha value is -2.42. The number of nitrogens with one attached hydrogen (secondary N) is 2. The zero-order valence-corrected chi connectivity index (χ0v) is 17.3. The van der Waals surface area contributed by atoms with Crippen LogP contribution in [0.15, 0.2) is 18.2 Å². The quantitative estimate of drug-likeness (QED) is 0.638. The average Bonchev–Trinajstić information content (AvgIpc) is 2.53. The van der Waals surface area contributed by atoms with Crippen molar-refractivity contribution in [2.45, 2.75) is 39.5 Å². The van der Waals surface area contributed by atoms with Gasteiger partial charge in [-0.15, -0.1) is 0 Å². The van der Waals surface area contributed by atoms with E-state index < -0.39 is 6.61 Å². The van der Waals surface area contributed by atoms with Crippen LogP contribution in [-0.2, 0) is 16.1 Å². The second kappa shape index (κ2) is 10.2. The third-order valence-electron chi connectivity index (χ3n) is 3.72. The van der Waals surface area contributed by atoms with Crippen molar-refractivity contribution in [3.05, 3.63) is 23.8 Å². The number of hydrogen-bond donors (Lipinski definition) is 2. The summed E-state index contributed by atoms with van der Waals surface area (Å²) in [5.41, 5.74) is 0.384. The van der Waals surface area contributed by atoms with E-state index in [0.29, 0.717) is 5.56 Å². The molecule has 0 aliphatic heterocycles. The highest BCUT2D eigenvalue weighted by atomic mass is 19.3. The van der Waals surface area contributed by atoms with E-state index in [1.54, 1.807) is 26.2 Å². The minimum Gasteiger partial charge on any atom is -0.493 e. The van der Waals surface area contributed by atoms with Gasteiger partial charge in [0.1, 0.15) is 0 Å². The van der Waals surface area contributed by atoms with E-state index in [0.717, 1.165) is 4.90 Å². The third kappa shape index (κ3) is 8.51. The van der Waals surface area contributed by atoms with Gasteiger partial charge < -0.3 is 24.6 Å². The van der Waals surface area contributed by atoms with Crippen molar-refractivity contribution in [1.29, 1.82) is 0 Å². The topological polar surface area (TPSA) is 72.3 Å². The van der Waals surface area contributed by atoms with Gasteiger partial charge in [-0.25, -0.2) is 0 Å². The molecule has 0 radical (unpaired) electrons. The highest BCUT2D eigenvalue weighted by molar-refractivity contribution is 5.79. The number of carbonyl (C=O) groups excluding carboxylic acids is 2. The zero-order chi connectivity index (χ0) is 21.5. The standard InChI is InChI=1S/C19H29F2N3O4/c1-19(2,3)22-16(25)11-23(4)12-17(26)24(5)10-13-7-8-14(28-18(20)21)15(9-13)27-6/h7-9,18H,10-12H2,1-6H3,(H,22,25)/p+1. The molecule has 0 saturated heterocycles. The number of halogens is 2. The number of carbonyl (C=O) groups is 2. The first kappa shape index (κ1) is 23.6. The van der Waals surface area contributed by atoms with Crippen LogP contribution in [0, 0.1) is 0 Å². The lowest BCUT2D eigenvalue weighted by molar-refractivity contribution is -0.863. The maximum absolute atomic E-state index is 12.4. The molecule has 0 aromatic heterocycles. The molecular formula is C19H30F2N3O4+. The van der Waals surface area contributed by atoms with Crippen LogP contribution in [0.5, 0.6) is 11.5 Å². The van der Waals surface area contributed by atoms with E-state index in [-0.39, 0.29) is 48.5 Å². The van der Waals surface area contributed by atoms with Crippen LogP contribution in [0.1, 0.15) is 26.3 Å². The third-order valence-corrected chi connectivity index (χ3v) is 3.72. The fourth-order valence-electron chi connectivity index (χ4n) is 2.56. The van der Waals surface area contributed by atoms with E-state index in [1.165, 1.54) is 18.1 Å². The molecule has 7 nitrogen and oxygen atoms in total. The first-order valence-corrected chi connectivity index (χ1v) is 8.89. The van der Waals surface area contributed by atoms with Gasteiger partial charge in [0.15, 0.2) is 24.6 Å². The zero-order valence-electron chi connectivity index (χ0n) is 17.3. The van der Waals surface area contributed by atoms with E-state index in [1.807, 2.05) is 20.8 Å². The van der Waals surface area contributed by atoms with Crippen LogP contribution < -0.4 is 19.7 Å². The molecule has 28 heavy (non-hydrogen) atoms. The van der Waals surface area contributed by atoms with Gasteiger partial charge in [0.2, 0.25) is 0 Å². The Balaban J connectivity index is 2.63. The molecule has 0 spiro atoms. The van der Waals surface area contributed by atoms with Crippen molar-refractivity contribution in [2.24, 2.45) is 0 Å². The van der Waals surface area contributed by atoms with Crippen molar-refractivity contribution < 1.29 is 32.7 Å². The normalized spacial score (nSPS) is 12.5. The molecule has 0 fully saturated rings. The molecule has 1 rings (SSSR count). The second-order valence-corrected chi connectivity index (χ2v) is 7.72. The second-order valence-electron chi connectivity index (χ2n) is 7.72. The summed E-state index contributed by atoms with van der Waals surface area (Å²) in [7, 11) is 4.77. The smallest absolute Gasteiger partial charge is 0.387 e. The van der Waals surface area contributed by atoms with Gasteiger partial charge in [0.05, 0.1) is 14.2 Å². The number of amides is 2. The number of likely N-dealkylation sites (N-methyl/N-ethyl adjacent to an activating group) is 2. The van der Waals surface area contributed by atoms with E-state index in [2.05, 4.69) is 10.1 Å². The largest absolute Gasteiger partial charge is 0.493 e. The Labute approximate surface area is 164 Å². The molecule has 0 aliphatic rings. The van der Waals surface area contributed by atoms with E-state index in [4.69, 9.17) is 4.74 Å². The minimum absolute atomic E-state index is 0.0655. The van der Waals surface area contributed by atoms with Crippen LogP contribution in [-0.4, -0.2) is 63.2 Å². The Morgan fingerprint density at radius 2 is 1.86 bits per heavy atom.